The van der Waals surface area contributed by atoms with Gasteiger partial charge in [-0.25, -0.2) is 0 Å². The maximum atomic E-state index is 13.0. The van der Waals surface area contributed by atoms with Crippen LogP contribution in [0.1, 0.15) is 11.1 Å². The molecule has 8 heteroatoms. The highest BCUT2D eigenvalue weighted by molar-refractivity contribution is 6.07. The van der Waals surface area contributed by atoms with E-state index < -0.39 is 28.9 Å². The molecule has 0 atom stereocenters. The van der Waals surface area contributed by atoms with Crippen molar-refractivity contribution in [1.82, 2.24) is 0 Å². The lowest BCUT2D eigenvalue weighted by atomic mass is 10.1. The van der Waals surface area contributed by atoms with Gasteiger partial charge in [0.1, 0.15) is 17.4 Å². The Morgan fingerprint density at radius 2 is 1.88 bits per heavy atom. The molecule has 0 spiro atoms. The van der Waals surface area contributed by atoms with Crippen LogP contribution in [0.4, 0.5) is 24.5 Å². The van der Waals surface area contributed by atoms with Crippen LogP contribution >= 0.6 is 0 Å². The molecule has 2 aromatic rings. The molecule has 1 amide bonds. The molecule has 0 saturated carbocycles. The molecule has 0 fully saturated rings. The Bertz CT molecular complexity index is 899. The van der Waals surface area contributed by atoms with Crippen molar-refractivity contribution in [2.24, 2.45) is 0 Å². The zero-order valence-corrected chi connectivity index (χ0v) is 13.6. The first-order valence-corrected chi connectivity index (χ1v) is 7.36. The van der Waals surface area contributed by atoms with E-state index in [4.69, 9.17) is 5.26 Å². The van der Waals surface area contributed by atoms with Crippen molar-refractivity contribution in [3.63, 3.8) is 0 Å². The minimum Gasteiger partial charge on any atom is -0.506 e. The standard InChI is InChI=1S/C18H14F3N3O2/c1-11-6-7-15(16(25)8-11)23-10-12(9-22)17(26)24-14-5-3-2-4-13(14)18(19,20)21/h2-8,10,23,25H,1H3,(H,24,26)/b12-10-. The topological polar surface area (TPSA) is 85.2 Å². The molecular formula is C18H14F3N3O2. The lowest BCUT2D eigenvalue weighted by Crippen LogP contribution is -2.18. The van der Waals surface area contributed by atoms with Gasteiger partial charge in [-0.2, -0.15) is 18.4 Å². The third-order valence-corrected chi connectivity index (χ3v) is 3.37. The van der Waals surface area contributed by atoms with Gasteiger partial charge >= 0.3 is 6.18 Å². The van der Waals surface area contributed by atoms with Crippen LogP contribution < -0.4 is 10.6 Å². The molecule has 0 aromatic heterocycles. The van der Waals surface area contributed by atoms with Crippen LogP contribution in [0.3, 0.4) is 0 Å². The summed E-state index contributed by atoms with van der Waals surface area (Å²) in [5, 5.41) is 23.5. The van der Waals surface area contributed by atoms with Crippen LogP contribution in [-0.2, 0) is 11.0 Å². The van der Waals surface area contributed by atoms with Gasteiger partial charge in [0.25, 0.3) is 5.91 Å². The fourth-order valence-electron chi connectivity index (χ4n) is 2.09. The number of carbonyl (C=O) groups excluding carboxylic acids is 1. The summed E-state index contributed by atoms with van der Waals surface area (Å²) < 4.78 is 38.9. The third-order valence-electron chi connectivity index (χ3n) is 3.37. The van der Waals surface area contributed by atoms with Crippen molar-refractivity contribution >= 4 is 17.3 Å². The second-order valence-corrected chi connectivity index (χ2v) is 5.33. The van der Waals surface area contributed by atoms with E-state index in [0.29, 0.717) is 0 Å². The number of rotatable bonds is 4. The number of anilines is 2. The Hall–Kier alpha value is -3.47. The van der Waals surface area contributed by atoms with E-state index in [9.17, 15) is 23.1 Å². The molecule has 134 valence electrons. The van der Waals surface area contributed by atoms with Crippen LogP contribution in [0.2, 0.25) is 0 Å². The molecule has 2 aromatic carbocycles. The Kier molecular flexibility index (Phi) is 5.52. The quantitative estimate of drug-likeness (QED) is 0.433. The number of amides is 1. The minimum absolute atomic E-state index is 0.0960. The lowest BCUT2D eigenvalue weighted by molar-refractivity contribution is -0.137. The van der Waals surface area contributed by atoms with Crippen molar-refractivity contribution < 1.29 is 23.1 Å². The number of benzene rings is 2. The van der Waals surface area contributed by atoms with Gasteiger partial charge in [0, 0.05) is 6.20 Å². The van der Waals surface area contributed by atoms with Crippen LogP contribution in [0, 0.1) is 18.3 Å². The van der Waals surface area contributed by atoms with Crippen molar-refractivity contribution in [3.8, 4) is 11.8 Å². The first-order chi connectivity index (χ1) is 12.2. The number of phenols is 1. The van der Waals surface area contributed by atoms with E-state index in [1.165, 1.54) is 24.3 Å². The molecule has 3 N–H and O–H groups in total. The first-order valence-electron chi connectivity index (χ1n) is 7.36. The molecule has 0 aliphatic rings. The summed E-state index contributed by atoms with van der Waals surface area (Å²) in [6.45, 7) is 1.77. The van der Waals surface area contributed by atoms with Gasteiger partial charge in [-0.15, -0.1) is 0 Å². The third kappa shape index (κ3) is 4.54. The molecule has 0 heterocycles. The average molecular weight is 361 g/mol. The normalized spacial score (nSPS) is 11.6. The summed E-state index contributed by atoms with van der Waals surface area (Å²) in [5.41, 5.74) is -0.882. The molecule has 26 heavy (non-hydrogen) atoms. The fraction of sp³-hybridized carbons (Fsp3) is 0.111. The molecule has 0 aliphatic heterocycles. The largest absolute Gasteiger partial charge is 0.506 e. The predicted molar refractivity (Wildman–Crippen MR) is 90.2 cm³/mol. The van der Waals surface area contributed by atoms with E-state index in [-0.39, 0.29) is 11.4 Å². The highest BCUT2D eigenvalue weighted by Gasteiger charge is 2.33. The number of nitriles is 1. The van der Waals surface area contributed by atoms with E-state index in [0.717, 1.165) is 23.9 Å². The van der Waals surface area contributed by atoms with Gasteiger partial charge in [0.15, 0.2) is 0 Å². The summed E-state index contributed by atoms with van der Waals surface area (Å²) in [7, 11) is 0. The summed E-state index contributed by atoms with van der Waals surface area (Å²) >= 11 is 0. The van der Waals surface area contributed by atoms with Crippen LogP contribution in [0.25, 0.3) is 0 Å². The number of carbonyl (C=O) groups is 1. The Morgan fingerprint density at radius 1 is 1.19 bits per heavy atom. The molecule has 5 nitrogen and oxygen atoms in total. The number of nitrogens with zero attached hydrogens (tertiary/aromatic N) is 1. The highest BCUT2D eigenvalue weighted by Crippen LogP contribution is 2.34. The maximum absolute atomic E-state index is 13.0. The molecule has 0 radical (unpaired) electrons. The van der Waals surface area contributed by atoms with Crippen molar-refractivity contribution in [2.45, 2.75) is 13.1 Å². The Labute approximate surface area is 147 Å². The molecule has 0 bridgehead atoms. The average Bonchev–Trinajstić information content (AvgIpc) is 2.56. The van der Waals surface area contributed by atoms with E-state index >= 15 is 0 Å². The molecule has 2 rings (SSSR count). The summed E-state index contributed by atoms with van der Waals surface area (Å²) in [4.78, 5) is 12.1. The van der Waals surface area contributed by atoms with Gasteiger partial charge in [-0.1, -0.05) is 18.2 Å². The highest BCUT2D eigenvalue weighted by atomic mass is 19.4. The molecule has 0 saturated heterocycles. The number of hydrogen-bond acceptors (Lipinski definition) is 4. The Balaban J connectivity index is 2.21. The maximum Gasteiger partial charge on any atom is 0.418 e. The second-order valence-electron chi connectivity index (χ2n) is 5.33. The van der Waals surface area contributed by atoms with Gasteiger partial charge in [-0.3, -0.25) is 4.79 Å². The van der Waals surface area contributed by atoms with Crippen LogP contribution in [-0.4, -0.2) is 11.0 Å². The first kappa shape index (κ1) is 18.9. The van der Waals surface area contributed by atoms with E-state index in [2.05, 4.69) is 10.6 Å². The Morgan fingerprint density at radius 3 is 2.50 bits per heavy atom. The number of alkyl halides is 3. The number of aryl methyl sites for hydroxylation is 1. The van der Waals surface area contributed by atoms with E-state index in [1.54, 1.807) is 19.1 Å². The zero-order valence-electron chi connectivity index (χ0n) is 13.6. The second kappa shape index (κ2) is 7.61. The molecule has 0 unspecified atom stereocenters. The van der Waals surface area contributed by atoms with Gasteiger partial charge < -0.3 is 15.7 Å². The van der Waals surface area contributed by atoms with E-state index in [1.807, 2.05) is 0 Å². The summed E-state index contributed by atoms with van der Waals surface area (Å²) in [5.74, 6) is -1.11. The summed E-state index contributed by atoms with van der Waals surface area (Å²) in [6.07, 6.45) is -3.64. The monoisotopic (exact) mass is 361 g/mol. The smallest absolute Gasteiger partial charge is 0.418 e. The van der Waals surface area contributed by atoms with Crippen molar-refractivity contribution in [3.05, 3.63) is 65.4 Å². The SMILES string of the molecule is Cc1ccc(N/C=C(/C#N)C(=O)Nc2ccccc2C(F)(F)F)c(O)c1. The number of hydrogen-bond donors (Lipinski definition) is 3. The zero-order chi connectivity index (χ0) is 19.3. The minimum atomic E-state index is -4.65. The number of aromatic hydroxyl groups is 1. The number of halogens is 3. The summed E-state index contributed by atoms with van der Waals surface area (Å²) in [6, 6.07) is 10.8. The fourth-order valence-corrected chi connectivity index (χ4v) is 2.09. The predicted octanol–water partition coefficient (Wildman–Crippen LogP) is 4.18. The number of phenolic OH excluding ortho intramolecular Hbond substituents is 1. The van der Waals surface area contributed by atoms with Gasteiger partial charge in [-0.05, 0) is 36.8 Å². The number of para-hydroxylation sites is 1. The van der Waals surface area contributed by atoms with Crippen LogP contribution in [0.5, 0.6) is 5.75 Å². The van der Waals surface area contributed by atoms with Crippen molar-refractivity contribution in [2.75, 3.05) is 10.6 Å². The van der Waals surface area contributed by atoms with Crippen molar-refractivity contribution in [1.29, 1.82) is 5.26 Å². The van der Waals surface area contributed by atoms with Crippen LogP contribution in [0.15, 0.2) is 54.2 Å². The van der Waals surface area contributed by atoms with Gasteiger partial charge in [0.2, 0.25) is 0 Å². The van der Waals surface area contributed by atoms with Gasteiger partial charge in [0.05, 0.1) is 16.9 Å². The molecular weight excluding hydrogens is 347 g/mol. The number of nitrogens with one attached hydrogen (secondary N) is 2. The lowest BCUT2D eigenvalue weighted by Gasteiger charge is -2.13. The molecule has 0 aliphatic carbocycles.